The molecule has 0 aliphatic heterocycles. The largest absolute Gasteiger partial charge is 0.452 e. The van der Waals surface area contributed by atoms with E-state index in [2.05, 4.69) is 0 Å². The first-order valence-electron chi connectivity index (χ1n) is 7.05. The molecule has 0 bridgehead atoms. The van der Waals surface area contributed by atoms with E-state index in [0.717, 1.165) is 11.6 Å². The van der Waals surface area contributed by atoms with Crippen molar-refractivity contribution < 1.29 is 19.2 Å². The predicted octanol–water partition coefficient (Wildman–Crippen LogP) is 2.78. The van der Waals surface area contributed by atoms with E-state index in [4.69, 9.17) is 4.74 Å². The Hall–Kier alpha value is -2.74. The van der Waals surface area contributed by atoms with Crippen molar-refractivity contribution >= 4 is 28.9 Å². The van der Waals surface area contributed by atoms with Crippen LogP contribution in [0.3, 0.4) is 0 Å². The highest BCUT2D eigenvalue weighted by molar-refractivity contribution is 7.07. The molecule has 0 aliphatic rings. The summed E-state index contributed by atoms with van der Waals surface area (Å²) < 4.78 is 4.95. The van der Waals surface area contributed by atoms with Gasteiger partial charge in [0.05, 0.1) is 10.5 Å². The fourth-order valence-corrected chi connectivity index (χ4v) is 2.66. The van der Waals surface area contributed by atoms with E-state index in [1.165, 1.54) is 28.4 Å². The van der Waals surface area contributed by atoms with Gasteiger partial charge in [-0.15, -0.1) is 0 Å². The van der Waals surface area contributed by atoms with Crippen LogP contribution in [0.1, 0.15) is 21.5 Å². The number of carbonyl (C=O) groups is 2. The SMILES string of the molecule is Cc1ccc(C(=O)OCC(=O)N(C)Cc2ccsc2)cc1[N+](=O)[O-]. The van der Waals surface area contributed by atoms with Crippen LogP contribution in [0.25, 0.3) is 0 Å². The van der Waals surface area contributed by atoms with Crippen LogP contribution in [-0.2, 0) is 16.1 Å². The van der Waals surface area contributed by atoms with Crippen molar-refractivity contribution in [3.8, 4) is 0 Å². The Morgan fingerprint density at radius 2 is 2.08 bits per heavy atom. The fourth-order valence-electron chi connectivity index (χ4n) is 2.00. The monoisotopic (exact) mass is 348 g/mol. The van der Waals surface area contributed by atoms with Crippen LogP contribution >= 0.6 is 11.3 Å². The van der Waals surface area contributed by atoms with E-state index in [-0.39, 0.29) is 17.2 Å². The number of nitro groups is 1. The number of hydrogen-bond donors (Lipinski definition) is 0. The van der Waals surface area contributed by atoms with E-state index in [1.54, 1.807) is 14.0 Å². The van der Waals surface area contributed by atoms with Gasteiger partial charge in [-0.3, -0.25) is 14.9 Å². The number of nitrogens with zero attached hydrogens (tertiary/aromatic N) is 2. The van der Waals surface area contributed by atoms with E-state index in [1.807, 2.05) is 16.8 Å². The molecule has 7 nitrogen and oxygen atoms in total. The highest BCUT2D eigenvalue weighted by Crippen LogP contribution is 2.19. The lowest BCUT2D eigenvalue weighted by Gasteiger charge is -2.16. The zero-order valence-electron chi connectivity index (χ0n) is 13.2. The first-order chi connectivity index (χ1) is 11.4. The number of aryl methyl sites for hydroxylation is 1. The third-order valence-electron chi connectivity index (χ3n) is 3.39. The van der Waals surface area contributed by atoms with Gasteiger partial charge in [0, 0.05) is 25.2 Å². The van der Waals surface area contributed by atoms with Crippen molar-refractivity contribution in [2.45, 2.75) is 13.5 Å². The summed E-state index contributed by atoms with van der Waals surface area (Å²) >= 11 is 1.54. The third-order valence-corrected chi connectivity index (χ3v) is 4.13. The normalized spacial score (nSPS) is 10.2. The molecule has 8 heteroatoms. The summed E-state index contributed by atoms with van der Waals surface area (Å²) in [7, 11) is 1.62. The number of ether oxygens (including phenoxy) is 1. The van der Waals surface area contributed by atoms with Crippen molar-refractivity contribution in [2.75, 3.05) is 13.7 Å². The van der Waals surface area contributed by atoms with Crippen LogP contribution in [-0.4, -0.2) is 35.4 Å². The summed E-state index contributed by atoms with van der Waals surface area (Å²) in [5, 5.41) is 14.7. The van der Waals surface area contributed by atoms with Crippen LogP contribution in [0.5, 0.6) is 0 Å². The number of likely N-dealkylation sites (N-methyl/N-ethyl adjacent to an activating group) is 1. The number of carbonyl (C=O) groups excluding carboxylic acids is 2. The van der Waals surface area contributed by atoms with Crippen molar-refractivity contribution in [1.29, 1.82) is 0 Å². The molecule has 1 heterocycles. The van der Waals surface area contributed by atoms with Gasteiger partial charge in [-0.1, -0.05) is 6.07 Å². The number of benzene rings is 1. The van der Waals surface area contributed by atoms with Gasteiger partial charge >= 0.3 is 5.97 Å². The lowest BCUT2D eigenvalue weighted by atomic mass is 10.1. The van der Waals surface area contributed by atoms with Gasteiger partial charge in [0.2, 0.25) is 0 Å². The first-order valence-corrected chi connectivity index (χ1v) is 8.00. The summed E-state index contributed by atoms with van der Waals surface area (Å²) in [4.78, 5) is 35.7. The van der Waals surface area contributed by atoms with Gasteiger partial charge in [-0.2, -0.15) is 11.3 Å². The summed E-state index contributed by atoms with van der Waals surface area (Å²) in [6.45, 7) is 1.59. The van der Waals surface area contributed by atoms with E-state index < -0.39 is 17.5 Å². The molecule has 126 valence electrons. The molecule has 0 saturated heterocycles. The molecule has 1 amide bonds. The van der Waals surface area contributed by atoms with Gasteiger partial charge in [0.1, 0.15) is 0 Å². The Bertz CT molecular complexity index is 758. The number of hydrogen-bond acceptors (Lipinski definition) is 6. The van der Waals surface area contributed by atoms with E-state index >= 15 is 0 Å². The van der Waals surface area contributed by atoms with E-state index in [0.29, 0.717) is 12.1 Å². The molecule has 0 radical (unpaired) electrons. The smallest absolute Gasteiger partial charge is 0.338 e. The molecule has 0 atom stereocenters. The van der Waals surface area contributed by atoms with Crippen molar-refractivity contribution in [1.82, 2.24) is 4.90 Å². The summed E-state index contributed by atoms with van der Waals surface area (Å²) in [5.41, 5.74) is 1.32. The quantitative estimate of drug-likeness (QED) is 0.455. The molecule has 24 heavy (non-hydrogen) atoms. The average Bonchev–Trinajstić information content (AvgIpc) is 3.05. The Morgan fingerprint density at radius 3 is 2.71 bits per heavy atom. The summed E-state index contributed by atoms with van der Waals surface area (Å²) in [6.07, 6.45) is 0. The molecule has 2 rings (SSSR count). The number of esters is 1. The van der Waals surface area contributed by atoms with Gasteiger partial charge in [0.25, 0.3) is 11.6 Å². The topological polar surface area (TPSA) is 89.8 Å². The molecule has 1 aromatic carbocycles. The van der Waals surface area contributed by atoms with Crippen LogP contribution in [0.2, 0.25) is 0 Å². The van der Waals surface area contributed by atoms with Gasteiger partial charge in [-0.05, 0) is 35.4 Å². The van der Waals surface area contributed by atoms with Crippen molar-refractivity contribution in [3.63, 3.8) is 0 Å². The minimum absolute atomic E-state index is 0.0422. The maximum absolute atomic E-state index is 12.0. The highest BCUT2D eigenvalue weighted by atomic mass is 32.1. The van der Waals surface area contributed by atoms with Crippen LogP contribution in [0, 0.1) is 17.0 Å². The Labute approximate surface area is 142 Å². The molecule has 0 unspecified atom stereocenters. The molecule has 1 aromatic heterocycles. The lowest BCUT2D eigenvalue weighted by Crippen LogP contribution is -2.30. The van der Waals surface area contributed by atoms with Gasteiger partial charge in [-0.25, -0.2) is 4.79 Å². The zero-order valence-corrected chi connectivity index (χ0v) is 14.0. The molecular formula is C16H16N2O5S. The second-order valence-electron chi connectivity index (χ2n) is 5.22. The first kappa shape index (κ1) is 17.6. The Balaban J connectivity index is 1.94. The minimum Gasteiger partial charge on any atom is -0.452 e. The number of thiophene rings is 1. The molecule has 0 spiro atoms. The molecule has 2 aromatic rings. The molecule has 0 fully saturated rings. The molecule has 0 N–H and O–H groups in total. The van der Waals surface area contributed by atoms with Crippen molar-refractivity contribution in [2.24, 2.45) is 0 Å². The highest BCUT2D eigenvalue weighted by Gasteiger charge is 2.18. The number of nitro benzene ring substituents is 1. The number of amides is 1. The zero-order chi connectivity index (χ0) is 17.7. The summed E-state index contributed by atoms with van der Waals surface area (Å²) in [6, 6.07) is 5.96. The molecule has 0 saturated carbocycles. The molecule has 0 aliphatic carbocycles. The maximum atomic E-state index is 12.0. The Kier molecular flexibility index (Phi) is 5.64. The second-order valence-corrected chi connectivity index (χ2v) is 6.00. The average molecular weight is 348 g/mol. The number of rotatable bonds is 6. The second kappa shape index (κ2) is 7.69. The third kappa shape index (κ3) is 4.39. The Morgan fingerprint density at radius 1 is 1.33 bits per heavy atom. The standard InChI is InChI=1S/C16H16N2O5S/c1-11-3-4-13(7-14(11)18(21)22)16(20)23-9-15(19)17(2)8-12-5-6-24-10-12/h3-7,10H,8-9H2,1-2H3. The van der Waals surface area contributed by atoms with Crippen LogP contribution < -0.4 is 0 Å². The minimum atomic E-state index is -0.768. The van der Waals surface area contributed by atoms with Crippen molar-refractivity contribution in [3.05, 3.63) is 61.8 Å². The van der Waals surface area contributed by atoms with Gasteiger partial charge < -0.3 is 9.64 Å². The van der Waals surface area contributed by atoms with Crippen LogP contribution in [0.4, 0.5) is 5.69 Å². The van der Waals surface area contributed by atoms with E-state index in [9.17, 15) is 19.7 Å². The van der Waals surface area contributed by atoms with Gasteiger partial charge in [0.15, 0.2) is 6.61 Å². The lowest BCUT2D eigenvalue weighted by molar-refractivity contribution is -0.385. The maximum Gasteiger partial charge on any atom is 0.338 e. The fraction of sp³-hybridized carbons (Fsp3) is 0.250. The van der Waals surface area contributed by atoms with Crippen LogP contribution in [0.15, 0.2) is 35.0 Å². The molecular weight excluding hydrogens is 332 g/mol. The predicted molar refractivity (Wildman–Crippen MR) is 88.9 cm³/mol. The summed E-state index contributed by atoms with van der Waals surface area (Å²) in [5.74, 6) is -1.12.